The summed E-state index contributed by atoms with van der Waals surface area (Å²) < 4.78 is 11.0. The Hall–Kier alpha value is -1.10. The number of nitrogens with zero attached hydrogens (tertiary/aromatic N) is 1. The van der Waals surface area contributed by atoms with Gasteiger partial charge in [-0.2, -0.15) is 0 Å². The molecule has 0 aromatic rings. The molecule has 1 aliphatic heterocycles. The zero-order valence-electron chi connectivity index (χ0n) is 19.7. The Kier molecular flexibility index (Phi) is 4.13. The number of hydrogen-bond donors (Lipinski definition) is 0. The van der Waals surface area contributed by atoms with E-state index in [2.05, 4.69) is 4.90 Å². The quantitative estimate of drug-likeness (QED) is 0.616. The van der Waals surface area contributed by atoms with Crippen LogP contribution in [0.3, 0.4) is 0 Å². The standard InChI is InChI=1S/C27H39NO4/c1-31-23(30)25-10-20-7-21(11-25)15-27(14-20,17-25)26-12-18-6-19(13-26)9-24(8-18,16-26)22(29)28-2-4-32-5-3-28/h18-21H,2-17H2,1H3. The minimum absolute atomic E-state index is 0.0693. The van der Waals surface area contributed by atoms with Crippen molar-refractivity contribution in [1.29, 1.82) is 0 Å². The van der Waals surface area contributed by atoms with Crippen molar-refractivity contribution in [3.8, 4) is 0 Å². The first-order chi connectivity index (χ1) is 15.4. The molecule has 32 heavy (non-hydrogen) atoms. The van der Waals surface area contributed by atoms with Gasteiger partial charge in [0, 0.05) is 13.1 Å². The fraction of sp³-hybridized carbons (Fsp3) is 0.926. The van der Waals surface area contributed by atoms with Gasteiger partial charge in [0.05, 0.1) is 31.2 Å². The summed E-state index contributed by atoms with van der Waals surface area (Å²) >= 11 is 0. The van der Waals surface area contributed by atoms with Crippen LogP contribution in [0.15, 0.2) is 0 Å². The molecule has 9 rings (SSSR count). The highest BCUT2D eigenvalue weighted by Gasteiger charge is 2.72. The predicted octanol–water partition coefficient (Wildman–Crippen LogP) is 4.19. The average molecular weight is 442 g/mol. The molecule has 176 valence electrons. The van der Waals surface area contributed by atoms with Crippen LogP contribution in [0.1, 0.15) is 77.0 Å². The maximum Gasteiger partial charge on any atom is 0.311 e. The smallest absolute Gasteiger partial charge is 0.311 e. The molecule has 9 aliphatic rings. The first-order valence-corrected chi connectivity index (χ1v) is 13.3. The second-order valence-electron chi connectivity index (χ2n) is 13.4. The van der Waals surface area contributed by atoms with E-state index in [-0.39, 0.29) is 27.6 Å². The van der Waals surface area contributed by atoms with Crippen molar-refractivity contribution >= 4 is 11.9 Å². The third-order valence-electron chi connectivity index (χ3n) is 11.6. The highest BCUT2D eigenvalue weighted by Crippen LogP contribution is 2.78. The number of carbonyl (C=O) groups excluding carboxylic acids is 2. The van der Waals surface area contributed by atoms with Gasteiger partial charge < -0.3 is 14.4 Å². The molecule has 0 aromatic carbocycles. The van der Waals surface area contributed by atoms with E-state index < -0.39 is 0 Å². The van der Waals surface area contributed by atoms with Crippen LogP contribution in [0.2, 0.25) is 0 Å². The Balaban J connectivity index is 1.27. The Morgan fingerprint density at radius 3 is 1.72 bits per heavy atom. The lowest BCUT2D eigenvalue weighted by molar-refractivity contribution is -0.241. The van der Waals surface area contributed by atoms with Gasteiger partial charge in [-0.1, -0.05) is 0 Å². The Morgan fingerprint density at radius 2 is 1.22 bits per heavy atom. The first kappa shape index (κ1) is 20.3. The number of ether oxygens (including phenoxy) is 2. The lowest BCUT2D eigenvalue weighted by Gasteiger charge is -2.73. The lowest BCUT2D eigenvalue weighted by Crippen LogP contribution is -2.67. The van der Waals surface area contributed by atoms with E-state index in [9.17, 15) is 9.59 Å². The molecule has 1 heterocycles. The third kappa shape index (κ3) is 2.55. The highest BCUT2D eigenvalue weighted by atomic mass is 16.5. The Labute approximate surface area is 191 Å². The summed E-state index contributed by atoms with van der Waals surface area (Å²) in [5.41, 5.74) is 0.169. The topological polar surface area (TPSA) is 55.8 Å². The number of hydrogen-bond acceptors (Lipinski definition) is 4. The number of carbonyl (C=O) groups is 2. The van der Waals surface area contributed by atoms with E-state index in [0.29, 0.717) is 42.8 Å². The van der Waals surface area contributed by atoms with Crippen molar-refractivity contribution in [3.05, 3.63) is 0 Å². The van der Waals surface area contributed by atoms with Crippen LogP contribution in [0, 0.1) is 45.3 Å². The maximum atomic E-state index is 14.0. The summed E-state index contributed by atoms with van der Waals surface area (Å²) in [4.78, 5) is 29.3. The molecular formula is C27H39NO4. The van der Waals surface area contributed by atoms with Gasteiger partial charge in [-0.3, -0.25) is 9.59 Å². The van der Waals surface area contributed by atoms with Gasteiger partial charge in [0.1, 0.15) is 0 Å². The van der Waals surface area contributed by atoms with Crippen LogP contribution in [0.25, 0.3) is 0 Å². The number of rotatable bonds is 3. The van der Waals surface area contributed by atoms with E-state index in [4.69, 9.17) is 9.47 Å². The second-order valence-corrected chi connectivity index (χ2v) is 13.4. The van der Waals surface area contributed by atoms with Gasteiger partial charge in [0.2, 0.25) is 5.91 Å². The molecule has 5 heteroatoms. The van der Waals surface area contributed by atoms with Gasteiger partial charge in [0.25, 0.3) is 0 Å². The van der Waals surface area contributed by atoms with Crippen molar-refractivity contribution < 1.29 is 19.1 Å². The van der Waals surface area contributed by atoms with Crippen LogP contribution in [0.4, 0.5) is 0 Å². The monoisotopic (exact) mass is 441 g/mol. The SMILES string of the molecule is COC(=O)C12CC3CC(C1)CC(C14CC5CC(CC(C(=O)N6CCOCC6)(C5)C1)C4)(C3)C2. The number of morpholine rings is 1. The van der Waals surface area contributed by atoms with Crippen molar-refractivity contribution in [1.82, 2.24) is 4.90 Å². The van der Waals surface area contributed by atoms with Crippen LogP contribution < -0.4 is 0 Å². The molecule has 0 aromatic heterocycles. The van der Waals surface area contributed by atoms with Crippen LogP contribution in [0.5, 0.6) is 0 Å². The molecule has 0 radical (unpaired) electrons. The second kappa shape index (κ2) is 6.52. The van der Waals surface area contributed by atoms with Crippen LogP contribution >= 0.6 is 0 Å². The van der Waals surface area contributed by atoms with Crippen molar-refractivity contribution in [2.45, 2.75) is 77.0 Å². The molecule has 1 amide bonds. The molecule has 0 N–H and O–H groups in total. The highest BCUT2D eigenvalue weighted by molar-refractivity contribution is 5.83. The summed E-state index contributed by atoms with van der Waals surface area (Å²) in [5.74, 6) is 3.32. The zero-order valence-corrected chi connectivity index (χ0v) is 19.7. The molecule has 9 fully saturated rings. The summed E-state index contributed by atoms with van der Waals surface area (Å²) in [5, 5.41) is 0. The molecule has 4 atom stereocenters. The van der Waals surface area contributed by atoms with E-state index in [1.165, 1.54) is 38.5 Å². The predicted molar refractivity (Wildman–Crippen MR) is 119 cm³/mol. The van der Waals surface area contributed by atoms with Gasteiger partial charge in [-0.25, -0.2) is 0 Å². The van der Waals surface area contributed by atoms with Gasteiger partial charge in [-0.15, -0.1) is 0 Å². The summed E-state index contributed by atoms with van der Waals surface area (Å²) in [6.07, 6.45) is 14.4. The minimum atomic E-state index is -0.233. The molecule has 8 bridgehead atoms. The molecule has 0 spiro atoms. The van der Waals surface area contributed by atoms with Crippen molar-refractivity contribution in [3.63, 3.8) is 0 Å². The third-order valence-corrected chi connectivity index (χ3v) is 11.6. The number of esters is 1. The lowest BCUT2D eigenvalue weighted by atomic mass is 9.31. The fourth-order valence-corrected chi connectivity index (χ4v) is 11.6. The number of methoxy groups -OCH3 is 1. The largest absolute Gasteiger partial charge is 0.469 e. The normalized spacial score (nSPS) is 53.0. The zero-order chi connectivity index (χ0) is 21.8. The first-order valence-electron chi connectivity index (χ1n) is 13.3. The maximum absolute atomic E-state index is 14.0. The minimum Gasteiger partial charge on any atom is -0.469 e. The Bertz CT molecular complexity index is 817. The van der Waals surface area contributed by atoms with Crippen molar-refractivity contribution in [2.75, 3.05) is 33.4 Å². The van der Waals surface area contributed by atoms with Gasteiger partial charge >= 0.3 is 5.97 Å². The van der Waals surface area contributed by atoms with Crippen LogP contribution in [-0.2, 0) is 19.1 Å². The molecular weight excluding hydrogens is 402 g/mol. The average Bonchev–Trinajstić information content (AvgIpc) is 2.77. The Morgan fingerprint density at radius 1 is 0.750 bits per heavy atom. The molecule has 8 saturated carbocycles. The number of amides is 1. The molecule has 5 nitrogen and oxygen atoms in total. The summed E-state index contributed by atoms with van der Waals surface area (Å²) in [6.45, 7) is 2.91. The van der Waals surface area contributed by atoms with Gasteiger partial charge in [-0.05, 0) is 112 Å². The van der Waals surface area contributed by atoms with E-state index >= 15 is 0 Å². The fourth-order valence-electron chi connectivity index (χ4n) is 11.6. The summed E-state index contributed by atoms with van der Waals surface area (Å²) in [7, 11) is 1.59. The van der Waals surface area contributed by atoms with Gasteiger partial charge in [0.15, 0.2) is 0 Å². The molecule has 1 saturated heterocycles. The van der Waals surface area contributed by atoms with Crippen LogP contribution in [-0.4, -0.2) is 50.2 Å². The van der Waals surface area contributed by atoms with E-state index in [0.717, 1.165) is 51.6 Å². The molecule has 4 unspecified atom stereocenters. The molecule has 8 aliphatic carbocycles. The summed E-state index contributed by atoms with van der Waals surface area (Å²) in [6, 6.07) is 0. The van der Waals surface area contributed by atoms with E-state index in [1.54, 1.807) is 7.11 Å². The van der Waals surface area contributed by atoms with Crippen molar-refractivity contribution in [2.24, 2.45) is 45.3 Å². The van der Waals surface area contributed by atoms with E-state index in [1.807, 2.05) is 0 Å².